The molecule has 0 saturated carbocycles. The van der Waals surface area contributed by atoms with Crippen LogP contribution in [0.15, 0.2) is 23.4 Å². The molecule has 0 aromatic carbocycles. The Bertz CT molecular complexity index is 539. The third-order valence-electron chi connectivity index (χ3n) is 3.90. The number of rotatable bonds is 8. The first-order valence-corrected chi connectivity index (χ1v) is 8.84. The lowest BCUT2D eigenvalue weighted by atomic mass is 10.0. The van der Waals surface area contributed by atoms with Gasteiger partial charge in [0.1, 0.15) is 0 Å². The Labute approximate surface area is 128 Å². The van der Waals surface area contributed by atoms with E-state index in [0.717, 1.165) is 24.9 Å². The van der Waals surface area contributed by atoms with Gasteiger partial charge in [0.05, 0.1) is 0 Å². The maximum atomic E-state index is 12.6. The average molecular weight is 313 g/mol. The molecule has 120 valence electrons. The highest BCUT2D eigenvalue weighted by Gasteiger charge is 2.33. The van der Waals surface area contributed by atoms with Gasteiger partial charge in [0.2, 0.25) is 0 Å². The monoisotopic (exact) mass is 313 g/mol. The summed E-state index contributed by atoms with van der Waals surface area (Å²) in [6.07, 6.45) is 3.43. The Morgan fingerprint density at radius 1 is 1.29 bits per heavy atom. The summed E-state index contributed by atoms with van der Waals surface area (Å²) in [6.45, 7) is 9.54. The molecule has 1 heterocycles. The predicted octanol–water partition coefficient (Wildman–Crippen LogP) is 2.39. The first-order chi connectivity index (χ1) is 9.75. The van der Waals surface area contributed by atoms with E-state index < -0.39 is 15.6 Å². The van der Waals surface area contributed by atoms with Crippen LogP contribution in [0, 0.1) is 0 Å². The van der Waals surface area contributed by atoms with E-state index in [2.05, 4.69) is 17.2 Å². The first-order valence-electron chi connectivity index (χ1n) is 7.40. The fraction of sp³-hybridized carbons (Fsp3) is 0.667. The van der Waals surface area contributed by atoms with Crippen molar-refractivity contribution in [3.8, 4) is 0 Å². The second kappa shape index (κ2) is 7.33. The molecule has 5 nitrogen and oxygen atoms in total. The van der Waals surface area contributed by atoms with Gasteiger partial charge in [-0.05, 0) is 44.9 Å². The van der Waals surface area contributed by atoms with Crippen molar-refractivity contribution < 1.29 is 8.42 Å². The Hall–Kier alpha value is -0.980. The van der Waals surface area contributed by atoms with Gasteiger partial charge in [0, 0.05) is 25.3 Å². The van der Waals surface area contributed by atoms with Crippen LogP contribution in [0.25, 0.3) is 0 Å². The molecule has 0 spiro atoms. The zero-order valence-electron chi connectivity index (χ0n) is 13.7. The van der Waals surface area contributed by atoms with Gasteiger partial charge in [-0.1, -0.05) is 19.9 Å². The van der Waals surface area contributed by atoms with Gasteiger partial charge in [0.15, 0.2) is 5.03 Å². The number of hydrogen-bond donors (Lipinski definition) is 1. The molecule has 0 fully saturated rings. The minimum absolute atomic E-state index is 0.103. The summed E-state index contributed by atoms with van der Waals surface area (Å²) in [4.78, 5) is 4.13. The molecule has 1 N–H and O–H groups in total. The van der Waals surface area contributed by atoms with E-state index >= 15 is 0 Å². The number of nitrogens with zero attached hydrogens (tertiary/aromatic N) is 2. The molecular weight excluding hydrogens is 286 g/mol. The molecule has 0 radical (unpaired) electrons. The van der Waals surface area contributed by atoms with Gasteiger partial charge in [0.25, 0.3) is 10.0 Å². The number of hydrogen-bond acceptors (Lipinski definition) is 4. The number of pyridine rings is 1. The van der Waals surface area contributed by atoms with Gasteiger partial charge in [-0.15, -0.1) is 0 Å². The Balaban J connectivity index is 2.90. The van der Waals surface area contributed by atoms with Gasteiger partial charge < -0.3 is 5.32 Å². The van der Waals surface area contributed by atoms with E-state index in [4.69, 9.17) is 0 Å². The van der Waals surface area contributed by atoms with E-state index in [9.17, 15) is 8.42 Å². The van der Waals surface area contributed by atoms with Crippen LogP contribution in [0.3, 0.4) is 0 Å². The fourth-order valence-electron chi connectivity index (χ4n) is 1.77. The van der Waals surface area contributed by atoms with Crippen molar-refractivity contribution in [2.75, 3.05) is 13.6 Å². The lowest BCUT2D eigenvalue weighted by Gasteiger charge is -2.33. The van der Waals surface area contributed by atoms with Gasteiger partial charge >= 0.3 is 0 Å². The maximum absolute atomic E-state index is 12.6. The molecule has 21 heavy (non-hydrogen) atoms. The molecule has 0 unspecified atom stereocenters. The van der Waals surface area contributed by atoms with E-state index in [1.807, 2.05) is 26.8 Å². The van der Waals surface area contributed by atoms with Crippen molar-refractivity contribution in [3.05, 3.63) is 23.9 Å². The standard InChI is InChI=1S/C15H27N3O2S/c1-6-10-16-11-13-8-9-14(17-12-13)21(19,20)18(5)15(3,4)7-2/h8-9,12,16H,6-7,10-11H2,1-5H3. The first kappa shape index (κ1) is 18.1. The molecule has 1 rings (SSSR count). The van der Waals surface area contributed by atoms with Gasteiger partial charge in [-0.25, -0.2) is 13.4 Å². The minimum Gasteiger partial charge on any atom is -0.313 e. The Kier molecular flexibility index (Phi) is 6.31. The average Bonchev–Trinajstić information content (AvgIpc) is 2.47. The van der Waals surface area contributed by atoms with Gasteiger partial charge in [-0.2, -0.15) is 4.31 Å². The summed E-state index contributed by atoms with van der Waals surface area (Å²) in [6, 6.07) is 3.40. The van der Waals surface area contributed by atoms with E-state index in [0.29, 0.717) is 6.54 Å². The van der Waals surface area contributed by atoms with Crippen LogP contribution in [-0.4, -0.2) is 36.8 Å². The second-order valence-electron chi connectivity index (χ2n) is 5.82. The predicted molar refractivity (Wildman–Crippen MR) is 85.6 cm³/mol. The molecule has 0 aliphatic rings. The number of nitrogens with one attached hydrogen (secondary N) is 1. The SMILES string of the molecule is CCCNCc1ccc(S(=O)(=O)N(C)C(C)(C)CC)nc1. The third kappa shape index (κ3) is 4.49. The molecule has 0 saturated heterocycles. The quantitative estimate of drug-likeness (QED) is 0.749. The highest BCUT2D eigenvalue weighted by Crippen LogP contribution is 2.24. The molecule has 0 bridgehead atoms. The van der Waals surface area contributed by atoms with E-state index in [1.54, 1.807) is 19.3 Å². The van der Waals surface area contributed by atoms with Crippen molar-refractivity contribution in [2.24, 2.45) is 0 Å². The zero-order chi connectivity index (χ0) is 16.1. The Morgan fingerprint density at radius 2 is 1.95 bits per heavy atom. The summed E-state index contributed by atoms with van der Waals surface area (Å²) in [5.41, 5.74) is 0.557. The topological polar surface area (TPSA) is 62.3 Å². The van der Waals surface area contributed by atoms with Crippen LogP contribution >= 0.6 is 0 Å². The molecule has 0 atom stereocenters. The van der Waals surface area contributed by atoms with Crippen molar-refractivity contribution >= 4 is 10.0 Å². The smallest absolute Gasteiger partial charge is 0.260 e. The normalized spacial score (nSPS) is 12.9. The van der Waals surface area contributed by atoms with E-state index in [1.165, 1.54) is 4.31 Å². The number of sulfonamides is 1. The highest BCUT2D eigenvalue weighted by atomic mass is 32.2. The molecule has 0 aliphatic carbocycles. The molecular formula is C15H27N3O2S. The summed E-state index contributed by atoms with van der Waals surface area (Å²) in [5, 5.41) is 3.37. The van der Waals surface area contributed by atoms with Crippen molar-refractivity contribution in [1.82, 2.24) is 14.6 Å². The van der Waals surface area contributed by atoms with Crippen LogP contribution < -0.4 is 5.32 Å². The molecule has 6 heteroatoms. The highest BCUT2D eigenvalue weighted by molar-refractivity contribution is 7.89. The maximum Gasteiger partial charge on any atom is 0.260 e. The largest absolute Gasteiger partial charge is 0.313 e. The lowest BCUT2D eigenvalue weighted by Crippen LogP contribution is -2.44. The summed E-state index contributed by atoms with van der Waals surface area (Å²) in [7, 11) is -1.94. The fourth-order valence-corrected chi connectivity index (χ4v) is 3.25. The third-order valence-corrected chi connectivity index (χ3v) is 5.88. The van der Waals surface area contributed by atoms with Crippen LogP contribution in [0.4, 0.5) is 0 Å². The molecule has 1 aromatic heterocycles. The molecule has 0 amide bonds. The van der Waals surface area contributed by atoms with Gasteiger partial charge in [-0.3, -0.25) is 0 Å². The zero-order valence-corrected chi connectivity index (χ0v) is 14.5. The molecule has 0 aliphatic heterocycles. The summed E-state index contributed by atoms with van der Waals surface area (Å²) >= 11 is 0. The summed E-state index contributed by atoms with van der Waals surface area (Å²) < 4.78 is 26.5. The summed E-state index contributed by atoms with van der Waals surface area (Å²) in [5.74, 6) is 0. The minimum atomic E-state index is -3.55. The van der Waals surface area contributed by atoms with E-state index in [-0.39, 0.29) is 5.03 Å². The lowest BCUT2D eigenvalue weighted by molar-refractivity contribution is 0.256. The van der Waals surface area contributed by atoms with Crippen molar-refractivity contribution in [3.63, 3.8) is 0 Å². The van der Waals surface area contributed by atoms with Crippen molar-refractivity contribution in [2.45, 2.75) is 57.6 Å². The second-order valence-corrected chi connectivity index (χ2v) is 7.74. The van der Waals surface area contributed by atoms with Crippen LogP contribution in [0.2, 0.25) is 0 Å². The number of aromatic nitrogens is 1. The van der Waals surface area contributed by atoms with Crippen molar-refractivity contribution in [1.29, 1.82) is 0 Å². The molecule has 1 aromatic rings. The van der Waals surface area contributed by atoms with Crippen LogP contribution in [0.5, 0.6) is 0 Å². The van der Waals surface area contributed by atoms with Crippen LogP contribution in [0.1, 0.15) is 46.1 Å². The van der Waals surface area contributed by atoms with Crippen LogP contribution in [-0.2, 0) is 16.6 Å². The Morgan fingerprint density at radius 3 is 2.43 bits per heavy atom.